The summed E-state index contributed by atoms with van der Waals surface area (Å²) in [5.41, 5.74) is 5.60. The van der Waals surface area contributed by atoms with Crippen LogP contribution < -0.4 is 15.9 Å². The zero-order valence-electron chi connectivity index (χ0n) is 32.4. The fourth-order valence-corrected chi connectivity index (χ4v) is 13.9. The maximum absolute atomic E-state index is 6.21. The molecule has 0 radical (unpaired) electrons. The van der Waals surface area contributed by atoms with Gasteiger partial charge in [-0.15, -0.1) is 0 Å². The van der Waals surface area contributed by atoms with Crippen LogP contribution in [0.2, 0.25) is 0 Å². The van der Waals surface area contributed by atoms with Crippen molar-refractivity contribution >= 4 is 37.4 Å². The highest BCUT2D eigenvalue weighted by Crippen LogP contribution is 2.64. The van der Waals surface area contributed by atoms with E-state index in [-0.39, 0.29) is 6.29 Å². The molecule has 0 aliphatic rings. The van der Waals surface area contributed by atoms with Crippen molar-refractivity contribution in [3.05, 3.63) is 101 Å². The van der Waals surface area contributed by atoms with E-state index in [4.69, 9.17) is 9.47 Å². The van der Waals surface area contributed by atoms with Crippen LogP contribution in [0, 0.1) is 20.8 Å². The highest BCUT2D eigenvalue weighted by Gasteiger charge is 2.47. The maximum Gasteiger partial charge on any atom is 0.181 e. The first-order chi connectivity index (χ1) is 24.4. The van der Waals surface area contributed by atoms with Gasteiger partial charge in [0.1, 0.15) is 15.9 Å². The lowest BCUT2D eigenvalue weighted by Gasteiger charge is -2.25. The molecule has 0 N–H and O–H groups in total. The fourth-order valence-electron chi connectivity index (χ4n) is 6.93. The van der Waals surface area contributed by atoms with Crippen LogP contribution in [0.1, 0.15) is 145 Å². The zero-order chi connectivity index (χ0) is 35.9. The summed E-state index contributed by atoms with van der Waals surface area (Å²) in [6, 6.07) is 24.8. The van der Waals surface area contributed by atoms with E-state index in [1.165, 1.54) is 122 Å². The minimum Gasteiger partial charge on any atom is -0.353 e. The number of allylic oxidation sites excluding steroid dienone is 2. The molecule has 0 bridgehead atoms. The summed E-state index contributed by atoms with van der Waals surface area (Å²) in [5.74, 6) is -1.98. The van der Waals surface area contributed by atoms with E-state index >= 15 is 0 Å². The summed E-state index contributed by atoms with van der Waals surface area (Å²) in [5, 5.41) is 4.29. The van der Waals surface area contributed by atoms with Crippen molar-refractivity contribution in [1.82, 2.24) is 0 Å². The number of unbranched alkanes of at least 4 members (excludes halogenated alkanes) is 12. The second-order valence-corrected chi connectivity index (χ2v) is 20.0. The van der Waals surface area contributed by atoms with Crippen LogP contribution in [0.15, 0.2) is 78.9 Å². The molecule has 0 aliphatic carbocycles. The summed E-state index contributed by atoms with van der Waals surface area (Å²) in [6.45, 7) is 13.1. The van der Waals surface area contributed by atoms with E-state index in [9.17, 15) is 0 Å². The molecule has 276 valence electrons. The Morgan fingerprint density at radius 2 is 1.06 bits per heavy atom. The van der Waals surface area contributed by atoms with Gasteiger partial charge in [0.15, 0.2) is 27.7 Å². The van der Waals surface area contributed by atoms with Crippen molar-refractivity contribution in [2.75, 3.05) is 13.2 Å². The minimum absolute atomic E-state index is 0.0184. The Balaban J connectivity index is 1.45. The van der Waals surface area contributed by atoms with Crippen molar-refractivity contribution in [2.45, 2.75) is 156 Å². The van der Waals surface area contributed by atoms with Gasteiger partial charge in [-0.2, -0.15) is 0 Å². The predicted octanol–water partition coefficient (Wildman–Crippen LogP) is 13.3. The third-order valence-corrected chi connectivity index (χ3v) is 17.0. The Hall–Kier alpha value is -1.77. The third-order valence-electron chi connectivity index (χ3n) is 10.0. The molecule has 0 fully saturated rings. The molecule has 0 saturated heterocycles. The quantitative estimate of drug-likeness (QED) is 0.0333. The fraction of sp³-hybridized carbons (Fsp3) is 0.565. The molecular formula is C46H69BrO2P+. The number of aryl methyl sites for hydroxylation is 3. The standard InChI is InChI=1S/C46H69BrO2P/c1-6-8-10-18-26-37-48-46(49-38-27-19-11-9-7-2)36-21-17-15-13-12-14-16-20-31-42-32-28-35-45(41(42)5)50(47,43-33-24-22-29-39(43)3)44-34-25-23-30-40(44)4/h12,14,22-25,28-30,32-35,46H,6-11,13,15-21,26-27,31,36-38H2,1-5H3/q+1/b14-12+. The van der Waals surface area contributed by atoms with E-state index in [2.05, 4.69) is 129 Å². The number of rotatable bonds is 27. The first-order valence-corrected chi connectivity index (χ1v) is 23.9. The molecule has 0 saturated carbocycles. The van der Waals surface area contributed by atoms with E-state index < -0.39 is 5.96 Å². The number of hydrogen-bond donors (Lipinski definition) is 0. The molecule has 50 heavy (non-hydrogen) atoms. The number of benzene rings is 3. The lowest BCUT2D eigenvalue weighted by molar-refractivity contribution is -0.148. The van der Waals surface area contributed by atoms with Crippen LogP contribution >= 0.6 is 21.5 Å². The van der Waals surface area contributed by atoms with Gasteiger partial charge in [0.25, 0.3) is 0 Å². The van der Waals surface area contributed by atoms with Crippen LogP contribution in [-0.4, -0.2) is 19.5 Å². The molecule has 0 aromatic heterocycles. The van der Waals surface area contributed by atoms with Gasteiger partial charge < -0.3 is 9.47 Å². The van der Waals surface area contributed by atoms with Gasteiger partial charge >= 0.3 is 0 Å². The van der Waals surface area contributed by atoms with Gasteiger partial charge in [0.2, 0.25) is 0 Å². The Bertz CT molecular complexity index is 1310. The summed E-state index contributed by atoms with van der Waals surface area (Å²) in [7, 11) is 0. The highest BCUT2D eigenvalue weighted by molar-refractivity contribution is 9.44. The van der Waals surface area contributed by atoms with Crippen molar-refractivity contribution in [2.24, 2.45) is 0 Å². The SMILES string of the molecule is CCCCCCCOC(CCCCC/C=C/CCCc1cccc([P+](Br)(c2ccccc2C)c2ccccc2C)c1C)OCCCCCCC. The molecule has 0 heterocycles. The maximum atomic E-state index is 6.21. The summed E-state index contributed by atoms with van der Waals surface area (Å²) in [4.78, 5) is 0. The van der Waals surface area contributed by atoms with Crippen LogP contribution in [0.3, 0.4) is 0 Å². The van der Waals surface area contributed by atoms with Crippen LogP contribution in [0.25, 0.3) is 0 Å². The molecule has 0 spiro atoms. The van der Waals surface area contributed by atoms with Gasteiger partial charge in [0, 0.05) is 13.2 Å². The number of halogens is 1. The molecule has 0 aliphatic heterocycles. The van der Waals surface area contributed by atoms with E-state index in [1.807, 2.05) is 0 Å². The second kappa shape index (κ2) is 25.2. The predicted molar refractivity (Wildman–Crippen MR) is 227 cm³/mol. The van der Waals surface area contributed by atoms with Gasteiger partial charge in [-0.1, -0.05) is 132 Å². The molecule has 0 atom stereocenters. The number of hydrogen-bond acceptors (Lipinski definition) is 2. The van der Waals surface area contributed by atoms with Gasteiger partial charge in [-0.3, -0.25) is 0 Å². The zero-order valence-corrected chi connectivity index (χ0v) is 34.8. The summed E-state index contributed by atoms with van der Waals surface area (Å²) < 4.78 is 12.4. The lowest BCUT2D eigenvalue weighted by atomic mass is 10.0. The molecule has 0 amide bonds. The van der Waals surface area contributed by atoms with Crippen molar-refractivity contribution in [3.8, 4) is 0 Å². The molecular weight excluding hydrogens is 695 g/mol. The minimum atomic E-state index is -1.98. The Labute approximate surface area is 316 Å². The molecule has 3 aromatic rings. The average molecular weight is 765 g/mol. The molecule has 3 aromatic carbocycles. The largest absolute Gasteiger partial charge is 0.353 e. The highest BCUT2D eigenvalue weighted by atomic mass is 79.9. The van der Waals surface area contributed by atoms with E-state index in [1.54, 1.807) is 0 Å². The lowest BCUT2D eigenvalue weighted by Crippen LogP contribution is -2.31. The Kier molecular flexibility index (Phi) is 21.5. The van der Waals surface area contributed by atoms with E-state index in [0.717, 1.165) is 45.3 Å². The van der Waals surface area contributed by atoms with Crippen LogP contribution in [-0.2, 0) is 15.9 Å². The van der Waals surface area contributed by atoms with Gasteiger partial charge in [-0.25, -0.2) is 0 Å². The first kappa shape index (κ1) is 42.6. The second-order valence-electron chi connectivity index (χ2n) is 14.2. The third kappa shape index (κ3) is 14.3. The van der Waals surface area contributed by atoms with Crippen molar-refractivity contribution in [1.29, 1.82) is 0 Å². The summed E-state index contributed by atoms with van der Waals surface area (Å²) >= 11 is 4.46. The van der Waals surface area contributed by atoms with Gasteiger partial charge in [-0.05, 0) is 119 Å². The molecule has 2 nitrogen and oxygen atoms in total. The Morgan fingerprint density at radius 3 is 1.62 bits per heavy atom. The summed E-state index contributed by atoms with van der Waals surface area (Å²) in [6.07, 6.45) is 26.8. The van der Waals surface area contributed by atoms with Crippen molar-refractivity contribution < 1.29 is 9.47 Å². The first-order valence-electron chi connectivity index (χ1n) is 20.1. The van der Waals surface area contributed by atoms with Gasteiger partial charge in [0.05, 0.1) is 0 Å². The van der Waals surface area contributed by atoms with Crippen LogP contribution in [0.5, 0.6) is 0 Å². The van der Waals surface area contributed by atoms with E-state index in [0.29, 0.717) is 0 Å². The Morgan fingerprint density at radius 1 is 0.560 bits per heavy atom. The average Bonchev–Trinajstić information content (AvgIpc) is 3.12. The molecule has 0 unspecified atom stereocenters. The normalized spacial score (nSPS) is 12.1. The van der Waals surface area contributed by atoms with Crippen LogP contribution in [0.4, 0.5) is 0 Å². The topological polar surface area (TPSA) is 18.5 Å². The molecule has 3 rings (SSSR count). The van der Waals surface area contributed by atoms with Crippen molar-refractivity contribution in [3.63, 3.8) is 0 Å². The number of ether oxygens (including phenoxy) is 2. The smallest absolute Gasteiger partial charge is 0.181 e. The molecule has 4 heteroatoms. The monoisotopic (exact) mass is 763 g/mol.